The summed E-state index contributed by atoms with van der Waals surface area (Å²) in [5.74, 6) is 3.41. The van der Waals surface area contributed by atoms with Crippen molar-refractivity contribution in [2.75, 3.05) is 4.90 Å². The van der Waals surface area contributed by atoms with Crippen LogP contribution in [-0.4, -0.2) is 0 Å². The molecule has 0 aromatic heterocycles. The minimum absolute atomic E-state index is 0.173. The molecule has 4 fully saturated rings. The Labute approximate surface area is 288 Å². The Kier molecular flexibility index (Phi) is 5.91. The molecule has 0 unspecified atom stereocenters. The molecule has 4 saturated carbocycles. The number of benzene rings is 7. The van der Waals surface area contributed by atoms with Gasteiger partial charge in [0, 0.05) is 21.9 Å². The van der Waals surface area contributed by atoms with Crippen molar-refractivity contribution in [1.82, 2.24) is 0 Å². The van der Waals surface area contributed by atoms with Crippen molar-refractivity contribution >= 4 is 38.6 Å². The van der Waals surface area contributed by atoms with Crippen molar-refractivity contribution in [2.24, 2.45) is 23.7 Å². The first-order chi connectivity index (χ1) is 24.3. The van der Waals surface area contributed by atoms with Crippen molar-refractivity contribution in [3.63, 3.8) is 0 Å². The molecule has 0 radical (unpaired) electrons. The standard InChI is InChI=1S/C48H39N/c1-2-11-33(12-3-1)38-22-24-47(42-18-7-6-16-40(38)42)49(46-20-10-14-34-13-4-5-15-39(34)46)37-21-23-45-43(30-37)41-17-8-9-19-44(41)48(45)35-26-31-25-32(28-35)29-36(48)27-31/h1-24,30-32,35-36H,25-29H2. The summed E-state index contributed by atoms with van der Waals surface area (Å²) in [6, 6.07) is 57.1. The van der Waals surface area contributed by atoms with Crippen molar-refractivity contribution in [2.45, 2.75) is 37.5 Å². The van der Waals surface area contributed by atoms with E-state index in [-0.39, 0.29) is 5.41 Å². The highest BCUT2D eigenvalue weighted by atomic mass is 15.1. The Hall–Kier alpha value is -5.14. The average Bonchev–Trinajstić information content (AvgIpc) is 3.44. The molecule has 0 heterocycles. The molecule has 5 aliphatic rings. The van der Waals surface area contributed by atoms with Crippen LogP contribution in [0.25, 0.3) is 43.8 Å². The molecule has 1 nitrogen and oxygen atoms in total. The normalized spacial score (nSPS) is 24.4. The zero-order chi connectivity index (χ0) is 32.1. The summed E-state index contributed by atoms with van der Waals surface area (Å²) >= 11 is 0. The van der Waals surface area contributed by atoms with Gasteiger partial charge in [0.1, 0.15) is 0 Å². The van der Waals surface area contributed by atoms with Crippen molar-refractivity contribution in [3.8, 4) is 22.3 Å². The van der Waals surface area contributed by atoms with Crippen LogP contribution in [0.3, 0.4) is 0 Å². The van der Waals surface area contributed by atoms with Gasteiger partial charge in [-0.2, -0.15) is 0 Å². The lowest BCUT2D eigenvalue weighted by atomic mass is 9.43. The second kappa shape index (κ2) is 10.4. The SMILES string of the molecule is c1ccc(-c2ccc(N(c3ccc4c(c3)-c3ccccc3C43C4CC5CC(C4)CC3C5)c3cccc4ccccc34)c3ccccc23)cc1. The molecule has 0 amide bonds. The quantitative estimate of drug-likeness (QED) is 0.187. The van der Waals surface area contributed by atoms with E-state index in [1.807, 2.05) is 0 Å². The highest BCUT2D eigenvalue weighted by Gasteiger charge is 2.61. The van der Waals surface area contributed by atoms with Crippen LogP contribution in [0.2, 0.25) is 0 Å². The zero-order valence-electron chi connectivity index (χ0n) is 27.7. The van der Waals surface area contributed by atoms with Crippen molar-refractivity contribution in [3.05, 3.63) is 163 Å². The molecule has 4 bridgehead atoms. The van der Waals surface area contributed by atoms with Crippen LogP contribution >= 0.6 is 0 Å². The van der Waals surface area contributed by atoms with Gasteiger partial charge in [-0.05, 0) is 124 Å². The lowest BCUT2D eigenvalue weighted by Gasteiger charge is -2.61. The van der Waals surface area contributed by atoms with Gasteiger partial charge >= 0.3 is 0 Å². The summed E-state index contributed by atoms with van der Waals surface area (Å²) in [5, 5.41) is 5.06. The first kappa shape index (κ1) is 27.8. The van der Waals surface area contributed by atoms with Crippen LogP contribution in [0.4, 0.5) is 17.1 Å². The number of rotatable bonds is 4. The van der Waals surface area contributed by atoms with Crippen LogP contribution < -0.4 is 4.90 Å². The summed E-state index contributed by atoms with van der Waals surface area (Å²) in [6.07, 6.45) is 7.11. The number of fused-ring (bicyclic) bond motifs is 5. The lowest BCUT2D eigenvalue weighted by Crippen LogP contribution is -2.55. The Morgan fingerprint density at radius 1 is 0.429 bits per heavy atom. The van der Waals surface area contributed by atoms with E-state index in [1.54, 1.807) is 11.1 Å². The summed E-state index contributed by atoms with van der Waals surface area (Å²) in [4.78, 5) is 2.55. The van der Waals surface area contributed by atoms with E-state index in [0.717, 1.165) is 23.7 Å². The third-order valence-corrected chi connectivity index (χ3v) is 13.0. The zero-order valence-corrected chi connectivity index (χ0v) is 27.7. The molecule has 0 aliphatic heterocycles. The third kappa shape index (κ3) is 3.88. The molecule has 12 rings (SSSR count). The van der Waals surface area contributed by atoms with E-state index in [4.69, 9.17) is 0 Å². The molecular formula is C48H39N. The third-order valence-electron chi connectivity index (χ3n) is 13.0. The maximum absolute atomic E-state index is 2.56. The molecule has 7 aromatic carbocycles. The van der Waals surface area contributed by atoms with Crippen molar-refractivity contribution < 1.29 is 0 Å². The molecule has 1 spiro atoms. The average molecular weight is 630 g/mol. The van der Waals surface area contributed by atoms with Gasteiger partial charge in [0.2, 0.25) is 0 Å². The van der Waals surface area contributed by atoms with Crippen LogP contribution in [0.1, 0.15) is 43.2 Å². The summed E-state index contributed by atoms with van der Waals surface area (Å²) < 4.78 is 0. The second-order valence-electron chi connectivity index (χ2n) is 15.3. The second-order valence-corrected chi connectivity index (χ2v) is 15.3. The van der Waals surface area contributed by atoms with Gasteiger partial charge in [0.05, 0.1) is 11.4 Å². The fourth-order valence-corrected chi connectivity index (χ4v) is 11.4. The molecule has 7 aromatic rings. The molecule has 1 heteroatoms. The Balaban J connectivity index is 1.16. The van der Waals surface area contributed by atoms with Crippen LogP contribution in [0.15, 0.2) is 152 Å². The predicted octanol–water partition coefficient (Wildman–Crippen LogP) is 12.9. The highest BCUT2D eigenvalue weighted by molar-refractivity contribution is 6.09. The highest BCUT2D eigenvalue weighted by Crippen LogP contribution is 2.69. The topological polar surface area (TPSA) is 3.24 Å². The molecule has 0 atom stereocenters. The monoisotopic (exact) mass is 629 g/mol. The fourth-order valence-electron chi connectivity index (χ4n) is 11.4. The van der Waals surface area contributed by atoms with E-state index in [0.29, 0.717) is 0 Å². The van der Waals surface area contributed by atoms with E-state index < -0.39 is 0 Å². The van der Waals surface area contributed by atoms with E-state index >= 15 is 0 Å². The van der Waals surface area contributed by atoms with Gasteiger partial charge in [-0.3, -0.25) is 0 Å². The number of anilines is 3. The van der Waals surface area contributed by atoms with E-state index in [1.165, 1.54) is 93.0 Å². The molecule has 0 N–H and O–H groups in total. The largest absolute Gasteiger partial charge is 0.309 e. The molecule has 236 valence electrons. The van der Waals surface area contributed by atoms with Crippen LogP contribution in [0.5, 0.6) is 0 Å². The summed E-state index contributed by atoms with van der Waals surface area (Å²) in [7, 11) is 0. The van der Waals surface area contributed by atoms with Gasteiger partial charge in [-0.15, -0.1) is 0 Å². The minimum atomic E-state index is 0.173. The number of nitrogens with zero attached hydrogens (tertiary/aromatic N) is 1. The maximum atomic E-state index is 2.56. The van der Waals surface area contributed by atoms with E-state index in [2.05, 4.69) is 157 Å². The van der Waals surface area contributed by atoms with Gasteiger partial charge in [-0.25, -0.2) is 0 Å². The molecule has 49 heavy (non-hydrogen) atoms. The number of hydrogen-bond donors (Lipinski definition) is 0. The first-order valence-corrected chi connectivity index (χ1v) is 18.4. The lowest BCUT2D eigenvalue weighted by molar-refractivity contribution is -0.0399. The minimum Gasteiger partial charge on any atom is -0.309 e. The van der Waals surface area contributed by atoms with Gasteiger partial charge in [0.25, 0.3) is 0 Å². The van der Waals surface area contributed by atoms with Crippen LogP contribution in [-0.2, 0) is 5.41 Å². The fraction of sp³-hybridized carbons (Fsp3) is 0.208. The first-order valence-electron chi connectivity index (χ1n) is 18.4. The van der Waals surface area contributed by atoms with Gasteiger partial charge < -0.3 is 4.90 Å². The molecule has 5 aliphatic carbocycles. The van der Waals surface area contributed by atoms with Gasteiger partial charge in [-0.1, -0.05) is 127 Å². The summed E-state index contributed by atoms with van der Waals surface area (Å²) in [5.41, 5.74) is 12.5. The molecular weight excluding hydrogens is 591 g/mol. The van der Waals surface area contributed by atoms with Crippen LogP contribution in [0, 0.1) is 23.7 Å². The Bertz CT molecular complexity index is 2390. The summed E-state index contributed by atoms with van der Waals surface area (Å²) in [6.45, 7) is 0. The smallest absolute Gasteiger partial charge is 0.0540 e. The molecule has 0 saturated heterocycles. The Morgan fingerprint density at radius 2 is 1.06 bits per heavy atom. The Morgan fingerprint density at radius 3 is 1.88 bits per heavy atom. The number of hydrogen-bond acceptors (Lipinski definition) is 1. The maximum Gasteiger partial charge on any atom is 0.0540 e. The van der Waals surface area contributed by atoms with E-state index in [9.17, 15) is 0 Å². The van der Waals surface area contributed by atoms with Crippen molar-refractivity contribution in [1.29, 1.82) is 0 Å². The van der Waals surface area contributed by atoms with Gasteiger partial charge in [0.15, 0.2) is 0 Å². The predicted molar refractivity (Wildman–Crippen MR) is 205 cm³/mol.